The second kappa shape index (κ2) is 3.69. The Balaban J connectivity index is 3.79. The first-order valence-electron chi connectivity index (χ1n) is 6.04. The summed E-state index contributed by atoms with van der Waals surface area (Å²) < 4.78 is 50.5. The van der Waals surface area contributed by atoms with Crippen LogP contribution in [0.1, 0.15) is 9.60 Å². The topological polar surface area (TPSA) is 42.2 Å². The largest absolute Gasteiger partial charge is 0.395 e. The number of aliphatic hydroxyl groups is 1. The molecule has 0 radical (unpaired) electrons. The van der Waals surface area contributed by atoms with E-state index in [1.54, 1.807) is 0 Å². The Labute approximate surface area is 82.2 Å². The average Bonchev–Trinajstić information content (AvgIpc) is 2.22. The number of hydrogen-bond donors (Lipinski definition) is 1. The van der Waals surface area contributed by atoms with Crippen LogP contribution in [0.15, 0.2) is 27.5 Å². The van der Waals surface area contributed by atoms with Gasteiger partial charge in [-0.25, -0.2) is 0 Å². The normalized spacial score (nSPS) is 21.8. The lowest BCUT2D eigenvalue weighted by Gasteiger charge is -2.00. The molecule has 11 heavy (non-hydrogen) atoms. The molecule has 0 fully saturated rings. The first kappa shape index (κ1) is 3.03. The Morgan fingerprint density at radius 1 is 1.91 bits per heavy atom. The summed E-state index contributed by atoms with van der Waals surface area (Å²) in [6.07, 6.45) is -0.939. The SMILES string of the molecule is [2H]c1c(Br)c([2H])c(=O)n(C([2H])([2H])C([2H])([2H])O)c1[2H]. The van der Waals surface area contributed by atoms with Crippen molar-refractivity contribution in [3.05, 3.63) is 33.1 Å². The third kappa shape index (κ3) is 2.17. The highest BCUT2D eigenvalue weighted by molar-refractivity contribution is 9.10. The fourth-order valence-electron chi connectivity index (χ4n) is 0.466. The van der Waals surface area contributed by atoms with Gasteiger partial charge in [0.15, 0.2) is 0 Å². The summed E-state index contributed by atoms with van der Waals surface area (Å²) in [5.74, 6) is 0. The van der Waals surface area contributed by atoms with E-state index in [4.69, 9.17) is 14.7 Å². The van der Waals surface area contributed by atoms with Gasteiger partial charge in [0, 0.05) is 23.2 Å². The fourth-order valence-corrected chi connectivity index (χ4v) is 0.724. The smallest absolute Gasteiger partial charge is 0.251 e. The predicted molar refractivity (Wildman–Crippen MR) is 45.5 cm³/mol. The Morgan fingerprint density at radius 2 is 2.64 bits per heavy atom. The Morgan fingerprint density at radius 3 is 3.27 bits per heavy atom. The van der Waals surface area contributed by atoms with E-state index in [1.807, 2.05) is 0 Å². The molecule has 0 aliphatic carbocycles. The number of rotatable bonds is 2. The monoisotopic (exact) mass is 224 g/mol. The molecule has 0 bridgehead atoms. The van der Waals surface area contributed by atoms with Crippen molar-refractivity contribution in [2.45, 2.75) is 6.50 Å². The maximum absolute atomic E-state index is 11.7. The zero-order valence-electron chi connectivity index (χ0n) is 12.2. The van der Waals surface area contributed by atoms with E-state index in [9.17, 15) is 4.79 Å². The molecule has 1 aromatic rings. The highest BCUT2D eigenvalue weighted by Crippen LogP contribution is 2.03. The molecule has 0 saturated heterocycles. The summed E-state index contributed by atoms with van der Waals surface area (Å²) in [4.78, 5) is 11.7. The standard InChI is InChI=1S/C7H8BrNO2/c8-6-1-2-9(3-4-10)7(11)5-6/h1-2,5,10H,3-4H2/i1D,2D,3D2,4D2,5D. The van der Waals surface area contributed by atoms with Gasteiger partial charge < -0.3 is 9.67 Å². The maximum atomic E-state index is 11.7. The van der Waals surface area contributed by atoms with E-state index in [1.165, 1.54) is 0 Å². The highest BCUT2D eigenvalue weighted by atomic mass is 79.9. The predicted octanol–water partition coefficient (Wildman–Crippen LogP) is 0.603. The van der Waals surface area contributed by atoms with Gasteiger partial charge in [-0.3, -0.25) is 4.79 Å². The van der Waals surface area contributed by atoms with Gasteiger partial charge in [-0.1, -0.05) is 15.9 Å². The quantitative estimate of drug-likeness (QED) is 0.800. The van der Waals surface area contributed by atoms with Gasteiger partial charge in [-0.2, -0.15) is 0 Å². The summed E-state index contributed by atoms with van der Waals surface area (Å²) in [5.41, 5.74) is -1.31. The Kier molecular flexibility index (Phi) is 1.02. The Hall–Kier alpha value is -0.610. The minimum Gasteiger partial charge on any atom is -0.395 e. The molecule has 0 aliphatic heterocycles. The third-order valence-electron chi connectivity index (χ3n) is 0.859. The fraction of sp³-hybridized carbons (Fsp3) is 0.286. The Bertz CT molecular complexity index is 550. The van der Waals surface area contributed by atoms with Crippen LogP contribution in [0.25, 0.3) is 0 Å². The van der Waals surface area contributed by atoms with E-state index in [0.29, 0.717) is 0 Å². The van der Waals surface area contributed by atoms with Crippen molar-refractivity contribution in [2.75, 3.05) is 6.56 Å². The van der Waals surface area contributed by atoms with Crippen molar-refractivity contribution in [3.63, 3.8) is 0 Å². The molecule has 0 unspecified atom stereocenters. The minimum atomic E-state index is -3.45. The van der Waals surface area contributed by atoms with Gasteiger partial charge in [-0.15, -0.1) is 0 Å². The number of aromatic nitrogens is 1. The molecule has 4 heteroatoms. The van der Waals surface area contributed by atoms with Gasteiger partial charge >= 0.3 is 0 Å². The number of halogens is 1. The van der Waals surface area contributed by atoms with Gasteiger partial charge in [0.2, 0.25) is 0 Å². The first-order chi connectivity index (χ1) is 7.93. The van der Waals surface area contributed by atoms with Crippen LogP contribution in [0, 0.1) is 0 Å². The summed E-state index contributed by atoms with van der Waals surface area (Å²) in [7, 11) is 0. The van der Waals surface area contributed by atoms with Crippen molar-refractivity contribution in [2.24, 2.45) is 0 Å². The summed E-state index contributed by atoms with van der Waals surface area (Å²) in [6.45, 7) is -6.72. The van der Waals surface area contributed by atoms with Gasteiger partial charge in [0.25, 0.3) is 5.56 Å². The van der Waals surface area contributed by atoms with Crippen LogP contribution in [0.3, 0.4) is 0 Å². The lowest BCUT2D eigenvalue weighted by molar-refractivity contribution is 0.274. The van der Waals surface area contributed by atoms with Crippen LogP contribution in [-0.4, -0.2) is 16.2 Å². The first-order valence-corrected chi connectivity index (χ1v) is 3.33. The van der Waals surface area contributed by atoms with Crippen LogP contribution in [0.2, 0.25) is 0 Å². The molecule has 0 saturated carbocycles. The number of nitrogens with zero attached hydrogens (tertiary/aromatic N) is 1. The van der Waals surface area contributed by atoms with Gasteiger partial charge in [0.05, 0.1) is 16.2 Å². The lowest BCUT2D eigenvalue weighted by Crippen LogP contribution is -2.19. The zero-order chi connectivity index (χ0) is 14.5. The lowest BCUT2D eigenvalue weighted by atomic mass is 10.4. The van der Waals surface area contributed by atoms with Crippen molar-refractivity contribution in [3.8, 4) is 0 Å². The average molecular weight is 225 g/mol. The molecule has 1 heterocycles. The molecule has 1 aromatic heterocycles. The summed E-state index contributed by atoms with van der Waals surface area (Å²) in [5, 5.41) is 9.08. The number of pyridine rings is 1. The minimum absolute atomic E-state index is 0.0531. The molecule has 0 spiro atoms. The van der Waals surface area contributed by atoms with Gasteiger partial charge in [-0.05, 0) is 6.04 Å². The molecule has 60 valence electrons. The molecular weight excluding hydrogens is 210 g/mol. The molecule has 1 N–H and O–H groups in total. The van der Waals surface area contributed by atoms with Crippen molar-refractivity contribution < 1.29 is 14.7 Å². The van der Waals surface area contributed by atoms with Crippen LogP contribution in [0.5, 0.6) is 0 Å². The second-order valence-corrected chi connectivity index (χ2v) is 2.33. The summed E-state index contributed by atoms with van der Waals surface area (Å²) >= 11 is 2.75. The van der Waals surface area contributed by atoms with Crippen molar-refractivity contribution >= 4 is 15.9 Å². The third-order valence-corrected chi connectivity index (χ3v) is 1.26. The number of hydrogen-bond acceptors (Lipinski definition) is 2. The van der Waals surface area contributed by atoms with Crippen LogP contribution >= 0.6 is 15.9 Å². The van der Waals surface area contributed by atoms with Crippen LogP contribution in [0.4, 0.5) is 0 Å². The van der Waals surface area contributed by atoms with Crippen molar-refractivity contribution in [1.29, 1.82) is 0 Å². The van der Waals surface area contributed by atoms with E-state index >= 15 is 0 Å². The molecule has 0 aliphatic rings. The maximum Gasteiger partial charge on any atom is 0.251 e. The van der Waals surface area contributed by atoms with E-state index in [0.717, 1.165) is 0 Å². The van der Waals surface area contributed by atoms with E-state index in [2.05, 4.69) is 15.9 Å². The molecule has 0 aromatic carbocycles. The molecular formula is C7H8BrNO2. The van der Waals surface area contributed by atoms with Crippen LogP contribution < -0.4 is 5.56 Å². The van der Waals surface area contributed by atoms with E-state index < -0.39 is 36.9 Å². The summed E-state index contributed by atoms with van der Waals surface area (Å²) in [6, 6.07) is -1.43. The van der Waals surface area contributed by atoms with E-state index in [-0.39, 0.29) is 9.04 Å². The second-order valence-electron chi connectivity index (χ2n) is 1.54. The zero-order valence-corrected chi connectivity index (χ0v) is 6.77. The van der Waals surface area contributed by atoms with Crippen LogP contribution in [-0.2, 0) is 6.50 Å². The highest BCUT2D eigenvalue weighted by Gasteiger charge is 1.93. The molecule has 1 rings (SSSR count). The molecule has 0 atom stereocenters. The molecule has 0 amide bonds. The van der Waals surface area contributed by atoms with Crippen molar-refractivity contribution in [1.82, 2.24) is 4.57 Å². The van der Waals surface area contributed by atoms with Gasteiger partial charge in [0.1, 0.15) is 0 Å². The molecule has 3 nitrogen and oxygen atoms in total.